The van der Waals surface area contributed by atoms with Crippen LogP contribution in [0.3, 0.4) is 0 Å². The molecule has 3 aliphatic rings. The third-order valence-corrected chi connectivity index (χ3v) is 6.21. The van der Waals surface area contributed by atoms with E-state index in [4.69, 9.17) is 0 Å². The predicted octanol–water partition coefficient (Wildman–Crippen LogP) is 3.42. The molecule has 3 aliphatic carbocycles. The Hall–Kier alpha value is -0.0800. The van der Waals surface area contributed by atoms with E-state index in [1.807, 2.05) is 0 Å². The van der Waals surface area contributed by atoms with Gasteiger partial charge in [0.2, 0.25) is 0 Å². The van der Waals surface area contributed by atoms with E-state index in [1.54, 1.807) is 0 Å². The molecule has 0 saturated heterocycles. The van der Waals surface area contributed by atoms with Crippen molar-refractivity contribution in [3.05, 3.63) is 0 Å². The van der Waals surface area contributed by atoms with Crippen molar-refractivity contribution >= 4 is 0 Å². The molecule has 19 heavy (non-hydrogen) atoms. The zero-order chi connectivity index (χ0) is 13.3. The van der Waals surface area contributed by atoms with Crippen molar-refractivity contribution in [3.63, 3.8) is 0 Å². The summed E-state index contributed by atoms with van der Waals surface area (Å²) in [6, 6.07) is 0.816. The highest BCUT2D eigenvalue weighted by Gasteiger charge is 2.38. The number of nitrogens with one attached hydrogen (secondary N) is 1. The van der Waals surface area contributed by atoms with Gasteiger partial charge in [-0.3, -0.25) is 0 Å². The molecule has 0 aromatic carbocycles. The van der Waals surface area contributed by atoms with Crippen molar-refractivity contribution in [2.75, 3.05) is 20.6 Å². The molecule has 0 aliphatic heterocycles. The summed E-state index contributed by atoms with van der Waals surface area (Å²) < 4.78 is 0. The maximum absolute atomic E-state index is 3.96. The molecule has 2 atom stereocenters. The highest BCUT2D eigenvalue weighted by molar-refractivity contribution is 4.96. The summed E-state index contributed by atoms with van der Waals surface area (Å²) in [5.41, 5.74) is 0.465. The number of likely N-dealkylation sites (N-methyl/N-ethyl adjacent to an activating group) is 1. The molecule has 2 nitrogen and oxygen atoms in total. The lowest BCUT2D eigenvalue weighted by Crippen LogP contribution is -2.52. The van der Waals surface area contributed by atoms with Crippen molar-refractivity contribution in [2.45, 2.75) is 75.8 Å². The first-order valence-electron chi connectivity index (χ1n) is 8.60. The van der Waals surface area contributed by atoms with Gasteiger partial charge in [0, 0.05) is 18.1 Å². The number of hydrogen-bond donors (Lipinski definition) is 1. The molecule has 0 bridgehead atoms. The van der Waals surface area contributed by atoms with Crippen LogP contribution < -0.4 is 5.32 Å². The van der Waals surface area contributed by atoms with E-state index in [-0.39, 0.29) is 0 Å². The zero-order valence-corrected chi connectivity index (χ0v) is 13.0. The molecule has 3 saturated carbocycles. The SMILES string of the molecule is CN(C)C1(CNC2CCCC(C3CC3)C2)CCCC1. The van der Waals surface area contributed by atoms with Gasteiger partial charge in [-0.1, -0.05) is 25.7 Å². The quantitative estimate of drug-likeness (QED) is 0.818. The molecule has 3 rings (SSSR count). The van der Waals surface area contributed by atoms with E-state index in [0.29, 0.717) is 5.54 Å². The minimum Gasteiger partial charge on any atom is -0.312 e. The van der Waals surface area contributed by atoms with Gasteiger partial charge in [-0.2, -0.15) is 0 Å². The molecule has 1 N–H and O–H groups in total. The average molecular weight is 264 g/mol. The van der Waals surface area contributed by atoms with Crippen LogP contribution in [0, 0.1) is 11.8 Å². The molecule has 3 fully saturated rings. The third-order valence-electron chi connectivity index (χ3n) is 6.21. The van der Waals surface area contributed by atoms with Gasteiger partial charge >= 0.3 is 0 Å². The van der Waals surface area contributed by atoms with Crippen LogP contribution in [-0.4, -0.2) is 37.1 Å². The minimum absolute atomic E-state index is 0.465. The van der Waals surface area contributed by atoms with E-state index < -0.39 is 0 Å². The maximum Gasteiger partial charge on any atom is 0.0327 e. The molecule has 0 radical (unpaired) electrons. The zero-order valence-electron chi connectivity index (χ0n) is 13.0. The van der Waals surface area contributed by atoms with E-state index in [0.717, 1.165) is 17.9 Å². The second-order valence-corrected chi connectivity index (χ2v) is 7.67. The molecule has 110 valence electrons. The van der Waals surface area contributed by atoms with Crippen molar-refractivity contribution in [3.8, 4) is 0 Å². The Balaban J connectivity index is 1.50. The van der Waals surface area contributed by atoms with Gasteiger partial charge in [0.15, 0.2) is 0 Å². The van der Waals surface area contributed by atoms with Crippen LogP contribution in [0.4, 0.5) is 0 Å². The standard InChI is InChI=1S/C17H32N2/c1-19(2)17(10-3-4-11-17)13-18-16-7-5-6-15(12-16)14-8-9-14/h14-16,18H,3-13H2,1-2H3. The summed E-state index contributed by atoms with van der Waals surface area (Å²) in [7, 11) is 4.56. The fraction of sp³-hybridized carbons (Fsp3) is 1.00. The largest absolute Gasteiger partial charge is 0.312 e. The second-order valence-electron chi connectivity index (χ2n) is 7.67. The summed E-state index contributed by atoms with van der Waals surface area (Å²) >= 11 is 0. The van der Waals surface area contributed by atoms with Crippen molar-refractivity contribution in [2.24, 2.45) is 11.8 Å². The number of nitrogens with zero attached hydrogens (tertiary/aromatic N) is 1. The van der Waals surface area contributed by atoms with Gasteiger partial charge < -0.3 is 10.2 Å². The van der Waals surface area contributed by atoms with E-state index >= 15 is 0 Å². The molecule has 0 aromatic heterocycles. The lowest BCUT2D eigenvalue weighted by atomic mass is 9.82. The van der Waals surface area contributed by atoms with E-state index in [9.17, 15) is 0 Å². The molecule has 2 heteroatoms. The Morgan fingerprint density at radius 1 is 0.947 bits per heavy atom. The third kappa shape index (κ3) is 3.16. The van der Waals surface area contributed by atoms with Crippen molar-refractivity contribution in [1.29, 1.82) is 0 Å². The minimum atomic E-state index is 0.465. The van der Waals surface area contributed by atoms with Crippen LogP contribution >= 0.6 is 0 Å². The maximum atomic E-state index is 3.96. The number of hydrogen-bond acceptors (Lipinski definition) is 2. The van der Waals surface area contributed by atoms with Crippen molar-refractivity contribution < 1.29 is 0 Å². The monoisotopic (exact) mass is 264 g/mol. The summed E-state index contributed by atoms with van der Waals surface area (Å²) in [4.78, 5) is 2.49. The van der Waals surface area contributed by atoms with Crippen LogP contribution in [0.25, 0.3) is 0 Å². The lowest BCUT2D eigenvalue weighted by Gasteiger charge is -2.39. The first-order chi connectivity index (χ1) is 9.20. The van der Waals surface area contributed by atoms with Gasteiger partial charge in [0.25, 0.3) is 0 Å². The number of rotatable bonds is 5. The van der Waals surface area contributed by atoms with E-state index in [1.165, 1.54) is 70.8 Å². The normalized spacial score (nSPS) is 34.9. The van der Waals surface area contributed by atoms with Crippen LogP contribution in [0.2, 0.25) is 0 Å². The highest BCUT2D eigenvalue weighted by Crippen LogP contribution is 2.44. The molecule has 0 amide bonds. The lowest BCUT2D eigenvalue weighted by molar-refractivity contribution is 0.140. The van der Waals surface area contributed by atoms with Crippen molar-refractivity contribution in [1.82, 2.24) is 10.2 Å². The molecule has 0 heterocycles. The summed E-state index contributed by atoms with van der Waals surface area (Å²) in [5, 5.41) is 3.96. The Morgan fingerprint density at radius 3 is 2.32 bits per heavy atom. The second kappa shape index (κ2) is 5.73. The average Bonchev–Trinajstić information content (AvgIpc) is 3.15. The fourth-order valence-corrected chi connectivity index (χ4v) is 4.56. The van der Waals surface area contributed by atoms with Crippen LogP contribution in [0.15, 0.2) is 0 Å². The Kier molecular flexibility index (Phi) is 4.19. The molecule has 0 aromatic rings. The molecule has 0 spiro atoms. The first-order valence-corrected chi connectivity index (χ1v) is 8.60. The van der Waals surface area contributed by atoms with Crippen LogP contribution in [-0.2, 0) is 0 Å². The Morgan fingerprint density at radius 2 is 1.68 bits per heavy atom. The Labute approximate surface area is 119 Å². The van der Waals surface area contributed by atoms with Crippen LogP contribution in [0.5, 0.6) is 0 Å². The Bertz CT molecular complexity index is 290. The fourth-order valence-electron chi connectivity index (χ4n) is 4.56. The highest BCUT2D eigenvalue weighted by atomic mass is 15.2. The molecular weight excluding hydrogens is 232 g/mol. The molecule has 2 unspecified atom stereocenters. The first kappa shape index (κ1) is 13.9. The van der Waals surface area contributed by atoms with Gasteiger partial charge in [-0.25, -0.2) is 0 Å². The van der Waals surface area contributed by atoms with Crippen LogP contribution in [0.1, 0.15) is 64.2 Å². The van der Waals surface area contributed by atoms with E-state index in [2.05, 4.69) is 24.3 Å². The summed E-state index contributed by atoms with van der Waals surface area (Å²) in [6.07, 6.45) is 14.6. The summed E-state index contributed by atoms with van der Waals surface area (Å²) in [5.74, 6) is 2.17. The topological polar surface area (TPSA) is 15.3 Å². The molecular formula is C17H32N2. The summed E-state index contributed by atoms with van der Waals surface area (Å²) in [6.45, 7) is 1.22. The smallest absolute Gasteiger partial charge is 0.0327 e. The van der Waals surface area contributed by atoms with Gasteiger partial charge in [0.1, 0.15) is 0 Å². The van der Waals surface area contributed by atoms with Gasteiger partial charge in [-0.15, -0.1) is 0 Å². The van der Waals surface area contributed by atoms with Gasteiger partial charge in [-0.05, 0) is 64.5 Å². The van der Waals surface area contributed by atoms with Gasteiger partial charge in [0.05, 0.1) is 0 Å². The predicted molar refractivity (Wildman–Crippen MR) is 81.4 cm³/mol.